The molecule has 3 nitrogen and oxygen atoms in total. The lowest BCUT2D eigenvalue weighted by Crippen LogP contribution is -2.29. The van der Waals surface area contributed by atoms with Gasteiger partial charge in [-0.2, -0.15) is 0 Å². The Morgan fingerprint density at radius 1 is 1.20 bits per heavy atom. The summed E-state index contributed by atoms with van der Waals surface area (Å²) in [5, 5.41) is 0. The molecule has 1 aliphatic rings. The minimum atomic E-state index is -0.209. The first-order valence-corrected chi connectivity index (χ1v) is 5.17. The first-order chi connectivity index (χ1) is 7.40. The van der Waals surface area contributed by atoms with E-state index in [2.05, 4.69) is 0 Å². The van der Waals surface area contributed by atoms with Crippen LogP contribution in [-0.2, 0) is 14.2 Å². The zero-order valence-electron chi connectivity index (χ0n) is 8.89. The fourth-order valence-corrected chi connectivity index (χ4v) is 1.68. The first-order valence-electron chi connectivity index (χ1n) is 5.17. The summed E-state index contributed by atoms with van der Waals surface area (Å²) >= 11 is 0. The van der Waals surface area contributed by atoms with E-state index < -0.39 is 0 Å². The second-order valence-electron chi connectivity index (χ2n) is 3.73. The van der Waals surface area contributed by atoms with Crippen LogP contribution in [0, 0.1) is 5.92 Å². The summed E-state index contributed by atoms with van der Waals surface area (Å²) in [7, 11) is 1.70. The number of ether oxygens (including phenoxy) is 3. The monoisotopic (exact) mass is 208 g/mol. The van der Waals surface area contributed by atoms with Crippen molar-refractivity contribution >= 4 is 0 Å². The topological polar surface area (TPSA) is 27.7 Å². The van der Waals surface area contributed by atoms with E-state index in [0.29, 0.717) is 25.7 Å². The van der Waals surface area contributed by atoms with Crippen molar-refractivity contribution in [2.75, 3.05) is 26.9 Å². The van der Waals surface area contributed by atoms with Gasteiger partial charge in [0.15, 0.2) is 6.29 Å². The van der Waals surface area contributed by atoms with E-state index in [4.69, 9.17) is 14.2 Å². The molecule has 0 bridgehead atoms. The third-order valence-corrected chi connectivity index (χ3v) is 2.44. The largest absolute Gasteiger partial charge is 0.384 e. The molecule has 1 heterocycles. The zero-order valence-corrected chi connectivity index (χ0v) is 8.89. The van der Waals surface area contributed by atoms with E-state index in [0.717, 1.165) is 5.56 Å². The summed E-state index contributed by atoms with van der Waals surface area (Å²) < 4.78 is 16.3. The van der Waals surface area contributed by atoms with Gasteiger partial charge in [0.25, 0.3) is 0 Å². The molecule has 0 atom stereocenters. The van der Waals surface area contributed by atoms with Crippen LogP contribution in [0.1, 0.15) is 11.9 Å². The summed E-state index contributed by atoms with van der Waals surface area (Å²) in [4.78, 5) is 0. The van der Waals surface area contributed by atoms with E-state index >= 15 is 0 Å². The molecule has 1 fully saturated rings. The molecule has 0 saturated carbocycles. The molecule has 82 valence electrons. The Bertz CT molecular complexity index is 278. The number of benzene rings is 1. The molecule has 0 aliphatic carbocycles. The smallest absolute Gasteiger partial charge is 0.183 e. The molecule has 0 radical (unpaired) electrons. The van der Waals surface area contributed by atoms with Crippen molar-refractivity contribution in [1.82, 2.24) is 0 Å². The van der Waals surface area contributed by atoms with Gasteiger partial charge >= 0.3 is 0 Å². The van der Waals surface area contributed by atoms with Crippen LogP contribution in [0.15, 0.2) is 30.3 Å². The minimum Gasteiger partial charge on any atom is -0.384 e. The van der Waals surface area contributed by atoms with Crippen molar-refractivity contribution < 1.29 is 14.2 Å². The van der Waals surface area contributed by atoms with Crippen molar-refractivity contribution in [2.45, 2.75) is 6.29 Å². The highest BCUT2D eigenvalue weighted by Crippen LogP contribution is 2.24. The van der Waals surface area contributed by atoms with Gasteiger partial charge in [0.2, 0.25) is 0 Å². The quantitative estimate of drug-likeness (QED) is 0.760. The van der Waals surface area contributed by atoms with Gasteiger partial charge in [0, 0.05) is 18.6 Å². The highest BCUT2D eigenvalue weighted by atomic mass is 16.7. The molecular weight excluding hydrogens is 192 g/mol. The molecule has 0 spiro atoms. The van der Waals surface area contributed by atoms with Crippen LogP contribution in [0.3, 0.4) is 0 Å². The molecule has 1 aromatic carbocycles. The fourth-order valence-electron chi connectivity index (χ4n) is 1.68. The molecule has 15 heavy (non-hydrogen) atoms. The van der Waals surface area contributed by atoms with Crippen LogP contribution in [0.5, 0.6) is 0 Å². The normalized spacial score (nSPS) is 26.5. The molecule has 2 rings (SSSR count). The van der Waals surface area contributed by atoms with Crippen LogP contribution in [0.2, 0.25) is 0 Å². The molecule has 1 aromatic rings. The van der Waals surface area contributed by atoms with Gasteiger partial charge in [0.1, 0.15) is 0 Å². The summed E-state index contributed by atoms with van der Waals surface area (Å²) in [5.41, 5.74) is 1.08. The predicted molar refractivity (Wildman–Crippen MR) is 56.5 cm³/mol. The minimum absolute atomic E-state index is 0.209. The van der Waals surface area contributed by atoms with E-state index in [-0.39, 0.29) is 6.29 Å². The van der Waals surface area contributed by atoms with Gasteiger partial charge in [-0.15, -0.1) is 0 Å². The van der Waals surface area contributed by atoms with Crippen molar-refractivity contribution in [3.8, 4) is 0 Å². The summed E-state index contributed by atoms with van der Waals surface area (Å²) in [6, 6.07) is 10.00. The van der Waals surface area contributed by atoms with Gasteiger partial charge < -0.3 is 14.2 Å². The molecule has 1 saturated heterocycles. The van der Waals surface area contributed by atoms with Gasteiger partial charge in [-0.1, -0.05) is 30.3 Å². The lowest BCUT2D eigenvalue weighted by atomic mass is 10.1. The molecule has 1 aliphatic heterocycles. The molecule has 3 heteroatoms. The van der Waals surface area contributed by atoms with Crippen molar-refractivity contribution in [3.05, 3.63) is 35.9 Å². The number of hydrogen-bond donors (Lipinski definition) is 0. The van der Waals surface area contributed by atoms with Gasteiger partial charge in [-0.05, 0) is 0 Å². The van der Waals surface area contributed by atoms with Crippen molar-refractivity contribution in [1.29, 1.82) is 0 Å². The maximum atomic E-state index is 5.63. The highest BCUT2D eigenvalue weighted by molar-refractivity contribution is 5.16. The summed E-state index contributed by atoms with van der Waals surface area (Å²) in [6.07, 6.45) is -0.209. The predicted octanol–water partition coefficient (Wildman–Crippen LogP) is 1.99. The van der Waals surface area contributed by atoms with Gasteiger partial charge in [0.05, 0.1) is 19.8 Å². The molecule has 0 aromatic heterocycles. The van der Waals surface area contributed by atoms with E-state index in [1.165, 1.54) is 0 Å². The fraction of sp³-hybridized carbons (Fsp3) is 0.500. The number of hydrogen-bond acceptors (Lipinski definition) is 3. The van der Waals surface area contributed by atoms with Gasteiger partial charge in [-0.3, -0.25) is 0 Å². The Kier molecular flexibility index (Phi) is 3.72. The van der Waals surface area contributed by atoms with Crippen molar-refractivity contribution in [2.24, 2.45) is 5.92 Å². The Labute approximate surface area is 90.0 Å². The Morgan fingerprint density at radius 3 is 2.47 bits per heavy atom. The third kappa shape index (κ3) is 2.78. The number of rotatable bonds is 3. The Hall–Kier alpha value is -0.900. The Morgan fingerprint density at radius 2 is 1.87 bits per heavy atom. The number of methoxy groups -OCH3 is 1. The third-order valence-electron chi connectivity index (χ3n) is 2.44. The first kappa shape index (κ1) is 10.6. The summed E-state index contributed by atoms with van der Waals surface area (Å²) in [5.74, 6) is 0.356. The SMILES string of the molecule is COCC1COC(c2ccccc2)OC1. The average Bonchev–Trinajstić information content (AvgIpc) is 2.32. The van der Waals surface area contributed by atoms with Crippen LogP contribution < -0.4 is 0 Å². The molecular formula is C12H16O3. The maximum absolute atomic E-state index is 5.63. The highest BCUT2D eigenvalue weighted by Gasteiger charge is 2.22. The zero-order chi connectivity index (χ0) is 10.5. The van der Waals surface area contributed by atoms with E-state index in [1.54, 1.807) is 7.11 Å². The molecule has 0 unspecified atom stereocenters. The lowest BCUT2D eigenvalue weighted by molar-refractivity contribution is -0.211. The lowest BCUT2D eigenvalue weighted by Gasteiger charge is -2.29. The maximum Gasteiger partial charge on any atom is 0.183 e. The van der Waals surface area contributed by atoms with E-state index in [9.17, 15) is 0 Å². The molecule has 0 N–H and O–H groups in total. The van der Waals surface area contributed by atoms with Crippen LogP contribution in [-0.4, -0.2) is 26.9 Å². The second kappa shape index (κ2) is 5.26. The second-order valence-corrected chi connectivity index (χ2v) is 3.73. The van der Waals surface area contributed by atoms with Crippen molar-refractivity contribution in [3.63, 3.8) is 0 Å². The average molecular weight is 208 g/mol. The van der Waals surface area contributed by atoms with E-state index in [1.807, 2.05) is 30.3 Å². The summed E-state index contributed by atoms with van der Waals surface area (Å²) in [6.45, 7) is 2.10. The standard InChI is InChI=1S/C12H16O3/c1-13-7-10-8-14-12(15-9-10)11-5-3-2-4-6-11/h2-6,10,12H,7-9H2,1H3. The molecule has 0 amide bonds. The van der Waals surface area contributed by atoms with Crippen LogP contribution in [0.4, 0.5) is 0 Å². The van der Waals surface area contributed by atoms with Crippen LogP contribution in [0.25, 0.3) is 0 Å². The van der Waals surface area contributed by atoms with Crippen LogP contribution >= 0.6 is 0 Å². The Balaban J connectivity index is 1.88. The van der Waals surface area contributed by atoms with Gasteiger partial charge in [-0.25, -0.2) is 0 Å².